The zero-order valence-corrected chi connectivity index (χ0v) is 33.5. The van der Waals surface area contributed by atoms with E-state index in [1.807, 2.05) is 49.6 Å². The molecule has 2 aromatic carbocycles. The maximum atomic E-state index is 14.2. The number of carbonyl (C=O) groups is 4. The summed E-state index contributed by atoms with van der Waals surface area (Å²) in [5.41, 5.74) is 12.2. The number of likely N-dealkylation sites (tertiary alicyclic amines) is 2. The molecule has 6 atom stereocenters. The van der Waals surface area contributed by atoms with E-state index >= 15 is 0 Å². The number of likely N-dealkylation sites (N-methyl/N-ethyl adjacent to an activating group) is 1. The van der Waals surface area contributed by atoms with Crippen LogP contribution in [0.5, 0.6) is 0 Å². The topological polar surface area (TPSA) is 168 Å². The number of benzene rings is 2. The predicted molar refractivity (Wildman–Crippen MR) is 218 cm³/mol. The minimum atomic E-state index is -0.707. The molecule has 0 radical (unpaired) electrons. The van der Waals surface area contributed by atoms with Crippen LogP contribution in [0.1, 0.15) is 78.4 Å². The molecule has 12 nitrogen and oxygen atoms in total. The highest BCUT2D eigenvalue weighted by atomic mass is 16.2. The van der Waals surface area contributed by atoms with Crippen molar-refractivity contribution in [3.05, 3.63) is 59.7 Å². The Kier molecular flexibility index (Phi) is 12.4. The van der Waals surface area contributed by atoms with Crippen LogP contribution in [-0.2, 0) is 32.0 Å². The predicted octanol–water partition coefficient (Wildman–Crippen LogP) is 4.62. The van der Waals surface area contributed by atoms with Gasteiger partial charge in [-0.25, -0.2) is 0 Å². The molecule has 6 rings (SSSR count). The van der Waals surface area contributed by atoms with Crippen molar-refractivity contribution in [2.24, 2.45) is 17.6 Å². The van der Waals surface area contributed by atoms with E-state index in [1.54, 1.807) is 20.9 Å². The zero-order chi connectivity index (χ0) is 39.6. The second kappa shape index (κ2) is 17.0. The Hall–Kier alpha value is -4.68. The largest absolute Gasteiger partial charge is 0.353 e. The first-order valence-corrected chi connectivity index (χ1v) is 20.1. The van der Waals surface area contributed by atoms with Gasteiger partial charge in [0.25, 0.3) is 0 Å². The van der Waals surface area contributed by atoms with Gasteiger partial charge in [0.1, 0.15) is 12.1 Å². The number of hydrogen-bond acceptors (Lipinski definition) is 6. The SMILES string of the molecule is CN[C@@H](C)C(=O)N[C@H](C(=O)N1CCC[C@H]1Cc1c(-c2[nH]c3ccccc3c2C[C@@H]2CCCN2C(=O)[C@@H](NC(=O)[C@H](C)N)C(C)C)[nH]c2ccccc12)C(C)C. The molecule has 2 aliphatic rings. The van der Waals surface area contributed by atoms with Gasteiger partial charge in [-0.2, -0.15) is 0 Å². The third kappa shape index (κ3) is 8.30. The Labute approximate surface area is 324 Å². The van der Waals surface area contributed by atoms with Crippen LogP contribution in [-0.4, -0.2) is 99.8 Å². The van der Waals surface area contributed by atoms with Crippen molar-refractivity contribution >= 4 is 45.4 Å². The molecular weight excluding hydrogens is 693 g/mol. The van der Waals surface area contributed by atoms with E-state index < -0.39 is 24.2 Å². The monoisotopic (exact) mass is 752 g/mol. The van der Waals surface area contributed by atoms with Gasteiger partial charge < -0.3 is 41.5 Å². The van der Waals surface area contributed by atoms with Crippen LogP contribution >= 0.6 is 0 Å². The van der Waals surface area contributed by atoms with E-state index in [0.717, 1.165) is 70.0 Å². The molecule has 4 amide bonds. The Balaban J connectivity index is 1.35. The number of nitrogens with one attached hydrogen (secondary N) is 5. The maximum Gasteiger partial charge on any atom is 0.245 e. The van der Waals surface area contributed by atoms with Crippen LogP contribution in [0, 0.1) is 11.8 Å². The smallest absolute Gasteiger partial charge is 0.245 e. The van der Waals surface area contributed by atoms with Crippen LogP contribution in [0.3, 0.4) is 0 Å². The number of amides is 4. The number of nitrogens with zero attached hydrogens (tertiary/aromatic N) is 2. The van der Waals surface area contributed by atoms with E-state index in [-0.39, 0.29) is 47.5 Å². The van der Waals surface area contributed by atoms with Crippen molar-refractivity contribution in [3.63, 3.8) is 0 Å². The van der Waals surface area contributed by atoms with Crippen molar-refractivity contribution in [1.29, 1.82) is 0 Å². The highest BCUT2D eigenvalue weighted by Gasteiger charge is 2.39. The minimum Gasteiger partial charge on any atom is -0.353 e. The molecule has 0 saturated carbocycles. The van der Waals surface area contributed by atoms with Gasteiger partial charge in [-0.05, 0) is 94.5 Å². The molecule has 2 aliphatic heterocycles. The van der Waals surface area contributed by atoms with Crippen molar-refractivity contribution < 1.29 is 19.2 Å². The highest BCUT2D eigenvalue weighted by molar-refractivity contribution is 5.97. The van der Waals surface area contributed by atoms with Crippen LogP contribution in [0.25, 0.3) is 33.2 Å². The Morgan fingerprint density at radius 3 is 1.51 bits per heavy atom. The molecule has 296 valence electrons. The number of rotatable bonds is 14. The summed E-state index contributed by atoms with van der Waals surface area (Å²) in [6.45, 7) is 12.6. The van der Waals surface area contributed by atoms with E-state index in [0.29, 0.717) is 25.9 Å². The Morgan fingerprint density at radius 2 is 1.11 bits per heavy atom. The van der Waals surface area contributed by atoms with Gasteiger partial charge in [0.2, 0.25) is 23.6 Å². The van der Waals surface area contributed by atoms with Crippen LogP contribution in [0.2, 0.25) is 0 Å². The van der Waals surface area contributed by atoms with Gasteiger partial charge in [-0.3, -0.25) is 19.2 Å². The Bertz CT molecular complexity index is 2010. The summed E-state index contributed by atoms with van der Waals surface area (Å²) < 4.78 is 0. The van der Waals surface area contributed by atoms with Gasteiger partial charge in [0.15, 0.2) is 0 Å². The number of hydrogen-bond donors (Lipinski definition) is 6. The lowest BCUT2D eigenvalue weighted by atomic mass is 9.94. The summed E-state index contributed by atoms with van der Waals surface area (Å²) in [4.78, 5) is 65.4. The van der Waals surface area contributed by atoms with E-state index in [4.69, 9.17) is 5.73 Å². The number of aromatic nitrogens is 2. The average molecular weight is 753 g/mol. The van der Waals surface area contributed by atoms with Gasteiger partial charge in [-0.1, -0.05) is 64.1 Å². The summed E-state index contributed by atoms with van der Waals surface area (Å²) in [6, 6.07) is 14.1. The fourth-order valence-corrected chi connectivity index (χ4v) is 8.48. The van der Waals surface area contributed by atoms with Crippen molar-refractivity contribution in [3.8, 4) is 11.4 Å². The van der Waals surface area contributed by atoms with Crippen molar-refractivity contribution in [1.82, 2.24) is 35.7 Å². The zero-order valence-electron chi connectivity index (χ0n) is 33.5. The lowest BCUT2D eigenvalue weighted by molar-refractivity contribution is -0.138. The number of nitrogens with two attached hydrogens (primary N) is 1. The maximum absolute atomic E-state index is 14.2. The number of fused-ring (bicyclic) bond motifs is 2. The van der Waals surface area contributed by atoms with Gasteiger partial charge >= 0.3 is 0 Å². The van der Waals surface area contributed by atoms with Crippen LogP contribution in [0.15, 0.2) is 48.5 Å². The first-order chi connectivity index (χ1) is 26.3. The molecule has 7 N–H and O–H groups in total. The quantitative estimate of drug-likeness (QED) is 0.110. The summed E-state index contributed by atoms with van der Waals surface area (Å²) in [5.74, 6) is -0.792. The number of H-pyrrole nitrogens is 2. The summed E-state index contributed by atoms with van der Waals surface area (Å²) in [6.07, 6.45) is 4.79. The molecule has 0 unspecified atom stereocenters. The second-order valence-electron chi connectivity index (χ2n) is 16.4. The minimum absolute atomic E-state index is 0.0374. The molecule has 4 aromatic rings. The van der Waals surface area contributed by atoms with Gasteiger partial charge in [-0.15, -0.1) is 0 Å². The first kappa shape index (κ1) is 40.0. The van der Waals surface area contributed by atoms with Crippen LogP contribution < -0.4 is 21.7 Å². The number of para-hydroxylation sites is 2. The normalized spacial score (nSPS) is 19.7. The molecule has 2 saturated heterocycles. The molecule has 0 spiro atoms. The lowest BCUT2D eigenvalue weighted by Gasteiger charge is -2.32. The number of carbonyl (C=O) groups excluding carboxylic acids is 4. The standard InChI is InChI=1S/C43H60N8O4/c1-24(2)36(48-40(52)26(5)44)42(54)50-20-12-14-28(50)22-32-30-16-8-10-18-34(30)46-38(32)39-33(31-17-9-11-19-35(31)47-39)23-29-15-13-21-51(29)43(55)37(25(3)4)49-41(53)27(6)45-7/h8-11,16-19,24-29,36-37,45-47H,12-15,20-23,44H2,1-7H3,(H,48,52)(H,49,53)/t26-,27-,28-,29-,36-,37-/m0/s1. The lowest BCUT2D eigenvalue weighted by Crippen LogP contribution is -2.55. The second-order valence-corrected chi connectivity index (χ2v) is 16.4. The highest BCUT2D eigenvalue weighted by Crippen LogP contribution is 2.39. The third-order valence-corrected chi connectivity index (χ3v) is 11.8. The van der Waals surface area contributed by atoms with E-state index in [1.165, 1.54) is 0 Å². The van der Waals surface area contributed by atoms with Gasteiger partial charge in [0.05, 0.1) is 23.5 Å². The molecule has 2 aromatic heterocycles. The van der Waals surface area contributed by atoms with E-state index in [9.17, 15) is 19.2 Å². The molecule has 0 bridgehead atoms. The average Bonchev–Trinajstić information content (AvgIpc) is 3.97. The van der Waals surface area contributed by atoms with Crippen molar-refractivity contribution in [2.75, 3.05) is 20.1 Å². The summed E-state index contributed by atoms with van der Waals surface area (Å²) in [7, 11) is 1.74. The third-order valence-electron chi connectivity index (χ3n) is 11.8. The first-order valence-electron chi connectivity index (χ1n) is 20.1. The van der Waals surface area contributed by atoms with Gasteiger partial charge in [0, 0.05) is 47.0 Å². The molecule has 12 heteroatoms. The molecule has 2 fully saturated rings. The Morgan fingerprint density at radius 1 is 0.691 bits per heavy atom. The number of aromatic amines is 2. The molecule has 0 aliphatic carbocycles. The molecule has 4 heterocycles. The van der Waals surface area contributed by atoms with E-state index in [2.05, 4.69) is 62.3 Å². The fraction of sp³-hybridized carbons (Fsp3) is 0.535. The summed E-state index contributed by atoms with van der Waals surface area (Å²) in [5, 5.41) is 11.1. The van der Waals surface area contributed by atoms with Crippen molar-refractivity contribution in [2.45, 2.75) is 116 Å². The summed E-state index contributed by atoms with van der Waals surface area (Å²) >= 11 is 0. The van der Waals surface area contributed by atoms with Crippen LogP contribution in [0.4, 0.5) is 0 Å². The molecular formula is C43H60N8O4. The fourth-order valence-electron chi connectivity index (χ4n) is 8.48. The molecule has 55 heavy (non-hydrogen) atoms.